The van der Waals surface area contributed by atoms with Gasteiger partial charge in [-0.15, -0.1) is 0 Å². The molecule has 1 atom stereocenters. The number of sulfonamides is 1. The molecule has 2 aromatic rings. The Labute approximate surface area is 164 Å². The van der Waals surface area contributed by atoms with Crippen LogP contribution in [-0.4, -0.2) is 40.1 Å². The number of rotatable bonds is 8. The van der Waals surface area contributed by atoms with Crippen LogP contribution in [0.5, 0.6) is 0 Å². The number of halogens is 1. The Balaban J connectivity index is 1.57. The molecule has 8 heteroatoms. The van der Waals surface area contributed by atoms with Gasteiger partial charge in [0.05, 0.1) is 11.0 Å². The largest absolute Gasteiger partial charge is 0.377 e. The van der Waals surface area contributed by atoms with E-state index in [0.717, 1.165) is 18.4 Å². The number of amides is 1. The van der Waals surface area contributed by atoms with Gasteiger partial charge in [-0.3, -0.25) is 4.79 Å². The van der Waals surface area contributed by atoms with Crippen molar-refractivity contribution < 1.29 is 22.3 Å². The summed E-state index contributed by atoms with van der Waals surface area (Å²) in [4.78, 5) is 12.4. The summed E-state index contributed by atoms with van der Waals surface area (Å²) in [7, 11) is -3.72. The van der Waals surface area contributed by atoms with Crippen molar-refractivity contribution in [1.82, 2.24) is 10.0 Å². The van der Waals surface area contributed by atoms with E-state index in [4.69, 9.17) is 4.74 Å². The summed E-state index contributed by atoms with van der Waals surface area (Å²) in [5, 5.41) is 2.73. The summed E-state index contributed by atoms with van der Waals surface area (Å²) in [6.45, 7) is 1.18. The van der Waals surface area contributed by atoms with Gasteiger partial charge in [0.1, 0.15) is 5.82 Å². The lowest BCUT2D eigenvalue weighted by Gasteiger charge is -2.12. The topological polar surface area (TPSA) is 84.5 Å². The van der Waals surface area contributed by atoms with Crippen molar-refractivity contribution in [2.24, 2.45) is 0 Å². The zero-order valence-electron chi connectivity index (χ0n) is 15.4. The van der Waals surface area contributed by atoms with Crippen LogP contribution >= 0.6 is 0 Å². The molecule has 1 aliphatic rings. The van der Waals surface area contributed by atoms with Gasteiger partial charge in [-0.05, 0) is 55.2 Å². The second-order valence-corrected chi connectivity index (χ2v) is 8.42. The number of benzene rings is 2. The molecule has 1 saturated heterocycles. The zero-order chi connectivity index (χ0) is 20.0. The van der Waals surface area contributed by atoms with Gasteiger partial charge in [0.15, 0.2) is 0 Å². The van der Waals surface area contributed by atoms with Crippen LogP contribution in [0.4, 0.5) is 4.39 Å². The van der Waals surface area contributed by atoms with Crippen LogP contribution in [0.25, 0.3) is 0 Å². The molecular weight excluding hydrogens is 383 g/mol. The maximum atomic E-state index is 13.2. The summed E-state index contributed by atoms with van der Waals surface area (Å²) in [6, 6.07) is 12.0. The second kappa shape index (κ2) is 9.27. The van der Waals surface area contributed by atoms with Crippen LogP contribution < -0.4 is 10.0 Å². The smallest absolute Gasteiger partial charge is 0.251 e. The molecule has 0 spiro atoms. The van der Waals surface area contributed by atoms with E-state index in [9.17, 15) is 17.6 Å². The third-order valence-corrected chi connectivity index (χ3v) is 5.94. The summed E-state index contributed by atoms with van der Waals surface area (Å²) in [6.07, 6.45) is 2.13. The first-order valence-corrected chi connectivity index (χ1v) is 10.7. The van der Waals surface area contributed by atoms with Gasteiger partial charge in [0.25, 0.3) is 5.91 Å². The standard InChI is InChI=1S/C20H23FN2O4S/c21-17-6-1-4-15(12-17)9-10-22-20(24)16-5-2-8-19(13-16)28(25,26)23-14-18-7-3-11-27-18/h1-2,4-6,8,12-13,18,23H,3,7,9-11,14H2,(H,22,24). The zero-order valence-corrected chi connectivity index (χ0v) is 16.2. The molecule has 2 N–H and O–H groups in total. The molecule has 3 rings (SSSR count). The lowest BCUT2D eigenvalue weighted by molar-refractivity contribution is 0.0954. The van der Waals surface area contributed by atoms with Crippen molar-refractivity contribution in [1.29, 1.82) is 0 Å². The minimum absolute atomic E-state index is 0.0308. The Kier molecular flexibility index (Phi) is 6.77. The van der Waals surface area contributed by atoms with E-state index < -0.39 is 10.0 Å². The predicted molar refractivity (Wildman–Crippen MR) is 103 cm³/mol. The fourth-order valence-corrected chi connectivity index (χ4v) is 4.12. The highest BCUT2D eigenvalue weighted by molar-refractivity contribution is 7.89. The van der Waals surface area contributed by atoms with Crippen molar-refractivity contribution in [3.63, 3.8) is 0 Å². The van der Waals surface area contributed by atoms with Crippen LogP contribution in [0.1, 0.15) is 28.8 Å². The third kappa shape index (κ3) is 5.60. The Morgan fingerprint density at radius 1 is 1.18 bits per heavy atom. The fourth-order valence-electron chi connectivity index (χ4n) is 3.01. The van der Waals surface area contributed by atoms with Crippen molar-refractivity contribution in [3.8, 4) is 0 Å². The molecule has 0 aliphatic carbocycles. The van der Waals surface area contributed by atoms with E-state index in [2.05, 4.69) is 10.0 Å². The van der Waals surface area contributed by atoms with Crippen molar-refractivity contribution in [2.75, 3.05) is 19.7 Å². The molecule has 150 valence electrons. The molecule has 0 saturated carbocycles. The SMILES string of the molecule is O=C(NCCc1cccc(F)c1)c1cccc(S(=O)(=O)NCC2CCCO2)c1. The highest BCUT2D eigenvalue weighted by Gasteiger charge is 2.21. The summed E-state index contributed by atoms with van der Waals surface area (Å²) in [5.41, 5.74) is 1.02. The first-order valence-electron chi connectivity index (χ1n) is 9.18. The minimum atomic E-state index is -3.72. The van der Waals surface area contributed by atoms with E-state index >= 15 is 0 Å². The second-order valence-electron chi connectivity index (χ2n) is 6.65. The summed E-state index contributed by atoms with van der Waals surface area (Å²) in [5.74, 6) is -0.704. The first-order chi connectivity index (χ1) is 13.4. The van der Waals surface area contributed by atoms with Gasteiger partial charge in [-0.2, -0.15) is 0 Å². The number of nitrogens with one attached hydrogen (secondary N) is 2. The van der Waals surface area contributed by atoms with Gasteiger partial charge in [-0.25, -0.2) is 17.5 Å². The van der Waals surface area contributed by atoms with Crippen molar-refractivity contribution in [2.45, 2.75) is 30.3 Å². The highest BCUT2D eigenvalue weighted by Crippen LogP contribution is 2.14. The average Bonchev–Trinajstić information content (AvgIpc) is 3.20. The van der Waals surface area contributed by atoms with Crippen LogP contribution in [0, 0.1) is 5.82 Å². The molecule has 0 radical (unpaired) electrons. The molecule has 1 heterocycles. The van der Waals surface area contributed by atoms with Crippen molar-refractivity contribution >= 4 is 15.9 Å². The van der Waals surface area contributed by atoms with Crippen LogP contribution in [0.15, 0.2) is 53.4 Å². The van der Waals surface area contributed by atoms with Gasteiger partial charge >= 0.3 is 0 Å². The molecule has 0 aromatic heterocycles. The molecule has 0 bridgehead atoms. The van der Waals surface area contributed by atoms with E-state index in [1.807, 2.05) is 0 Å². The Morgan fingerprint density at radius 2 is 2.00 bits per heavy atom. The lowest BCUT2D eigenvalue weighted by atomic mass is 10.1. The highest BCUT2D eigenvalue weighted by atomic mass is 32.2. The number of hydrogen-bond acceptors (Lipinski definition) is 4. The minimum Gasteiger partial charge on any atom is -0.377 e. The third-order valence-electron chi connectivity index (χ3n) is 4.52. The van der Waals surface area contributed by atoms with Crippen LogP contribution in [0.3, 0.4) is 0 Å². The van der Waals surface area contributed by atoms with Crippen LogP contribution in [-0.2, 0) is 21.2 Å². The number of hydrogen-bond donors (Lipinski definition) is 2. The maximum absolute atomic E-state index is 13.2. The van der Waals surface area contributed by atoms with E-state index in [1.54, 1.807) is 18.2 Å². The normalized spacial score (nSPS) is 16.8. The monoisotopic (exact) mass is 406 g/mol. The Morgan fingerprint density at radius 3 is 2.75 bits per heavy atom. The lowest BCUT2D eigenvalue weighted by Crippen LogP contribution is -2.32. The van der Waals surface area contributed by atoms with E-state index in [0.29, 0.717) is 19.6 Å². The van der Waals surface area contributed by atoms with Crippen LogP contribution in [0.2, 0.25) is 0 Å². The van der Waals surface area contributed by atoms with Gasteiger partial charge in [-0.1, -0.05) is 18.2 Å². The fraction of sp³-hybridized carbons (Fsp3) is 0.350. The molecule has 2 aromatic carbocycles. The quantitative estimate of drug-likeness (QED) is 0.704. The van der Waals surface area contributed by atoms with Gasteiger partial charge in [0.2, 0.25) is 10.0 Å². The summed E-state index contributed by atoms with van der Waals surface area (Å²) < 4.78 is 46.1. The molecule has 1 unspecified atom stereocenters. The number of carbonyl (C=O) groups is 1. The van der Waals surface area contributed by atoms with Gasteiger partial charge < -0.3 is 10.1 Å². The molecule has 1 fully saturated rings. The molecule has 1 amide bonds. The molecular formula is C20H23FN2O4S. The van der Waals surface area contributed by atoms with Crippen molar-refractivity contribution in [3.05, 3.63) is 65.5 Å². The Bertz CT molecular complexity index is 927. The first kappa shape index (κ1) is 20.4. The Hall–Kier alpha value is -2.29. The molecule has 28 heavy (non-hydrogen) atoms. The number of ether oxygens (including phenoxy) is 1. The van der Waals surface area contributed by atoms with E-state index in [1.165, 1.54) is 30.3 Å². The predicted octanol–water partition coefficient (Wildman–Crippen LogP) is 2.26. The summed E-state index contributed by atoms with van der Waals surface area (Å²) >= 11 is 0. The molecule has 6 nitrogen and oxygen atoms in total. The average molecular weight is 406 g/mol. The maximum Gasteiger partial charge on any atom is 0.251 e. The number of carbonyl (C=O) groups excluding carboxylic acids is 1. The van der Waals surface area contributed by atoms with E-state index in [-0.39, 0.29) is 34.8 Å². The molecule has 1 aliphatic heterocycles. The van der Waals surface area contributed by atoms with Gasteiger partial charge in [0, 0.05) is 25.3 Å².